The molecule has 0 aliphatic rings. The van der Waals surface area contributed by atoms with Crippen LogP contribution in [0, 0.1) is 0 Å². The lowest BCUT2D eigenvalue weighted by Crippen LogP contribution is -2.16. The second-order valence-electron chi connectivity index (χ2n) is 7.48. The van der Waals surface area contributed by atoms with Gasteiger partial charge in [-0.3, -0.25) is 5.10 Å². The van der Waals surface area contributed by atoms with Crippen molar-refractivity contribution in [1.82, 2.24) is 20.0 Å². The van der Waals surface area contributed by atoms with E-state index in [4.69, 9.17) is 0 Å². The maximum Gasteiger partial charge on any atom is 0.0531 e. The van der Waals surface area contributed by atoms with E-state index in [1.165, 1.54) is 16.7 Å². The molecule has 0 radical (unpaired) electrons. The molecule has 0 fully saturated rings. The second kappa shape index (κ2) is 5.51. The summed E-state index contributed by atoms with van der Waals surface area (Å²) in [6, 6.07) is 0. The molecule has 2 aromatic heterocycles. The van der Waals surface area contributed by atoms with Gasteiger partial charge in [0.1, 0.15) is 0 Å². The summed E-state index contributed by atoms with van der Waals surface area (Å²) in [5.74, 6) is 0. The highest BCUT2D eigenvalue weighted by Crippen LogP contribution is 2.29. The predicted molar refractivity (Wildman–Crippen MR) is 87.1 cm³/mol. The molecule has 0 bridgehead atoms. The zero-order chi connectivity index (χ0) is 15.7. The van der Waals surface area contributed by atoms with Crippen molar-refractivity contribution in [2.75, 3.05) is 0 Å². The van der Waals surface area contributed by atoms with Crippen LogP contribution in [0.1, 0.15) is 59.1 Å². The van der Waals surface area contributed by atoms with Gasteiger partial charge in [-0.15, -0.1) is 0 Å². The van der Waals surface area contributed by atoms with E-state index >= 15 is 0 Å². The lowest BCUT2D eigenvalue weighted by molar-refractivity contribution is 0.520. The molecule has 2 aromatic rings. The van der Waals surface area contributed by atoms with Gasteiger partial charge in [0.2, 0.25) is 0 Å². The molecule has 2 heterocycles. The van der Waals surface area contributed by atoms with Gasteiger partial charge in [-0.25, -0.2) is 4.68 Å². The molecule has 0 aromatic carbocycles. The van der Waals surface area contributed by atoms with Gasteiger partial charge in [0.25, 0.3) is 0 Å². The molecular weight excluding hydrogens is 260 g/mol. The topological polar surface area (TPSA) is 46.5 Å². The van der Waals surface area contributed by atoms with E-state index < -0.39 is 0 Å². The van der Waals surface area contributed by atoms with Crippen LogP contribution < -0.4 is 0 Å². The number of aromatic amines is 1. The molecule has 4 nitrogen and oxygen atoms in total. The lowest BCUT2D eigenvalue weighted by Gasteiger charge is -2.23. The number of H-pyrrole nitrogens is 1. The average Bonchev–Trinajstić information content (AvgIpc) is 2.96. The normalized spacial score (nSPS) is 13.7. The molecule has 0 spiro atoms. The zero-order valence-electron chi connectivity index (χ0n) is 13.9. The van der Waals surface area contributed by atoms with E-state index in [1.54, 1.807) is 0 Å². The lowest BCUT2D eigenvalue weighted by atomic mass is 9.81. The van der Waals surface area contributed by atoms with Crippen molar-refractivity contribution in [2.24, 2.45) is 0 Å². The molecule has 0 amide bonds. The number of hydrogen-bond donors (Lipinski definition) is 1. The van der Waals surface area contributed by atoms with E-state index in [9.17, 15) is 0 Å². The van der Waals surface area contributed by atoms with Crippen LogP contribution in [0.4, 0.5) is 0 Å². The minimum atomic E-state index is 0.0631. The first-order valence-corrected chi connectivity index (χ1v) is 7.40. The van der Waals surface area contributed by atoms with Gasteiger partial charge in [-0.05, 0) is 35.3 Å². The number of nitrogens with one attached hydrogen (secondary N) is 1. The Balaban J connectivity index is 2.13. The molecule has 0 unspecified atom stereocenters. The summed E-state index contributed by atoms with van der Waals surface area (Å²) in [5.41, 5.74) is 3.97. The molecule has 0 saturated heterocycles. The van der Waals surface area contributed by atoms with Crippen molar-refractivity contribution in [3.63, 3.8) is 0 Å². The van der Waals surface area contributed by atoms with Gasteiger partial charge >= 0.3 is 0 Å². The molecule has 0 saturated carbocycles. The Morgan fingerprint density at radius 3 is 2.43 bits per heavy atom. The SMILES string of the molecule is C/C(=C/n1cc(C(C)(C)C)cn1)CC(C)(C)c1cn[nH]c1. The monoisotopic (exact) mass is 286 g/mol. The number of aromatic nitrogens is 4. The largest absolute Gasteiger partial charge is 0.285 e. The second-order valence-corrected chi connectivity index (χ2v) is 7.48. The van der Waals surface area contributed by atoms with Crippen LogP contribution in [-0.4, -0.2) is 20.0 Å². The zero-order valence-corrected chi connectivity index (χ0v) is 13.9. The number of allylic oxidation sites excluding steroid dienone is 1. The van der Waals surface area contributed by atoms with Crippen LogP contribution in [0.15, 0.2) is 30.4 Å². The third-order valence-corrected chi connectivity index (χ3v) is 3.82. The number of hydrogen-bond acceptors (Lipinski definition) is 2. The van der Waals surface area contributed by atoms with Gasteiger partial charge in [-0.1, -0.05) is 40.2 Å². The highest BCUT2D eigenvalue weighted by molar-refractivity contribution is 5.33. The van der Waals surface area contributed by atoms with Crippen LogP contribution >= 0.6 is 0 Å². The number of nitrogens with zero attached hydrogens (tertiary/aromatic N) is 3. The van der Waals surface area contributed by atoms with Crippen molar-refractivity contribution >= 4 is 6.20 Å². The van der Waals surface area contributed by atoms with Gasteiger partial charge in [-0.2, -0.15) is 10.2 Å². The summed E-state index contributed by atoms with van der Waals surface area (Å²) in [6.45, 7) is 13.2. The molecule has 0 aliphatic carbocycles. The summed E-state index contributed by atoms with van der Waals surface area (Å²) in [5, 5.41) is 11.4. The summed E-state index contributed by atoms with van der Waals surface area (Å²) in [7, 11) is 0. The van der Waals surface area contributed by atoms with Gasteiger partial charge in [0.15, 0.2) is 0 Å². The van der Waals surface area contributed by atoms with Gasteiger partial charge in [0, 0.05) is 18.6 Å². The third kappa shape index (κ3) is 3.84. The van der Waals surface area contributed by atoms with E-state index in [1.807, 2.05) is 23.3 Å². The fourth-order valence-electron chi connectivity index (χ4n) is 2.49. The smallest absolute Gasteiger partial charge is 0.0531 e. The molecule has 114 valence electrons. The Kier molecular flexibility index (Phi) is 4.08. The predicted octanol–water partition coefficient (Wildman–Crippen LogP) is 4.13. The van der Waals surface area contributed by atoms with Crippen LogP contribution in [-0.2, 0) is 10.8 Å². The Morgan fingerprint density at radius 1 is 1.19 bits per heavy atom. The van der Waals surface area contributed by atoms with E-state index in [-0.39, 0.29) is 10.8 Å². The van der Waals surface area contributed by atoms with Gasteiger partial charge in [0.05, 0.1) is 12.4 Å². The Labute approximate surface area is 127 Å². The Hall–Kier alpha value is -1.84. The molecule has 2 rings (SSSR count). The van der Waals surface area contributed by atoms with E-state index in [2.05, 4.69) is 69.2 Å². The molecule has 21 heavy (non-hydrogen) atoms. The Morgan fingerprint density at radius 2 is 1.90 bits per heavy atom. The van der Waals surface area contributed by atoms with E-state index in [0.29, 0.717) is 0 Å². The first-order valence-electron chi connectivity index (χ1n) is 7.40. The average molecular weight is 286 g/mol. The minimum Gasteiger partial charge on any atom is -0.285 e. The van der Waals surface area contributed by atoms with Crippen molar-refractivity contribution in [1.29, 1.82) is 0 Å². The van der Waals surface area contributed by atoms with Gasteiger partial charge < -0.3 is 0 Å². The highest BCUT2D eigenvalue weighted by Gasteiger charge is 2.22. The first kappa shape index (κ1) is 15.5. The molecular formula is C17H26N4. The van der Waals surface area contributed by atoms with E-state index in [0.717, 1.165) is 6.42 Å². The molecule has 0 atom stereocenters. The van der Waals surface area contributed by atoms with Crippen molar-refractivity contribution in [3.8, 4) is 0 Å². The quantitative estimate of drug-likeness (QED) is 0.918. The van der Waals surface area contributed by atoms with Crippen LogP contribution in [0.2, 0.25) is 0 Å². The summed E-state index contributed by atoms with van der Waals surface area (Å²) >= 11 is 0. The van der Waals surface area contributed by atoms with Crippen LogP contribution in [0.5, 0.6) is 0 Å². The minimum absolute atomic E-state index is 0.0631. The fourth-order valence-corrected chi connectivity index (χ4v) is 2.49. The summed E-state index contributed by atoms with van der Waals surface area (Å²) in [4.78, 5) is 0. The van der Waals surface area contributed by atoms with Crippen molar-refractivity contribution < 1.29 is 0 Å². The molecule has 4 heteroatoms. The first-order chi connectivity index (χ1) is 9.68. The van der Waals surface area contributed by atoms with Crippen molar-refractivity contribution in [2.45, 2.75) is 58.8 Å². The summed E-state index contributed by atoms with van der Waals surface area (Å²) < 4.78 is 1.92. The maximum absolute atomic E-state index is 4.44. The standard InChI is InChI=1S/C17H26N4/c1-13(7-17(5,6)14-8-18-19-9-14)11-21-12-15(10-20-21)16(2,3)4/h8-12H,7H2,1-6H3,(H,18,19)/b13-11-. The number of rotatable bonds is 4. The highest BCUT2D eigenvalue weighted by atomic mass is 15.2. The van der Waals surface area contributed by atoms with Crippen molar-refractivity contribution in [3.05, 3.63) is 41.5 Å². The fraction of sp³-hybridized carbons (Fsp3) is 0.529. The maximum atomic E-state index is 4.44. The van der Waals surface area contributed by atoms with Crippen LogP contribution in [0.25, 0.3) is 6.20 Å². The molecule has 0 aliphatic heterocycles. The molecule has 1 N–H and O–H groups in total. The third-order valence-electron chi connectivity index (χ3n) is 3.82. The summed E-state index contributed by atoms with van der Waals surface area (Å²) in [6.07, 6.45) is 11.0. The Bertz CT molecular complexity index is 610. The van der Waals surface area contributed by atoms with Crippen LogP contribution in [0.3, 0.4) is 0 Å².